The van der Waals surface area contributed by atoms with Crippen LogP contribution < -0.4 is 5.32 Å². The zero-order valence-electron chi connectivity index (χ0n) is 13.3. The van der Waals surface area contributed by atoms with Gasteiger partial charge in [0.15, 0.2) is 0 Å². The fourth-order valence-electron chi connectivity index (χ4n) is 2.12. The Kier molecular flexibility index (Phi) is 6.22. The van der Waals surface area contributed by atoms with E-state index in [0.29, 0.717) is 24.3 Å². The highest BCUT2D eigenvalue weighted by Gasteiger charge is 2.12. The van der Waals surface area contributed by atoms with Crippen LogP contribution in [0.1, 0.15) is 11.1 Å². The first-order chi connectivity index (χ1) is 11.6. The topological polar surface area (TPSA) is 81.5 Å². The minimum absolute atomic E-state index is 0.0120. The molecule has 0 bridgehead atoms. The zero-order chi connectivity index (χ0) is 17.4. The van der Waals surface area contributed by atoms with E-state index in [2.05, 4.69) is 5.32 Å². The minimum Gasteiger partial charge on any atom is -0.383 e. The van der Waals surface area contributed by atoms with E-state index in [-0.39, 0.29) is 11.6 Å². The second-order valence-electron chi connectivity index (χ2n) is 5.02. The standard InChI is InChI=1S/C18H18N2O4/c1-24-12-11-19-18(21)17(15-5-3-2-4-6-15)13-14-7-9-16(10-8-14)20(22)23/h2-10,13H,11-12H2,1H3,(H,19,21)/b17-13+. The van der Waals surface area contributed by atoms with E-state index in [1.54, 1.807) is 25.3 Å². The van der Waals surface area contributed by atoms with Gasteiger partial charge in [0, 0.05) is 31.4 Å². The Morgan fingerprint density at radius 2 is 1.83 bits per heavy atom. The van der Waals surface area contributed by atoms with Gasteiger partial charge in [-0.15, -0.1) is 0 Å². The molecule has 124 valence electrons. The van der Waals surface area contributed by atoms with Crippen LogP contribution in [0.5, 0.6) is 0 Å². The molecule has 0 radical (unpaired) electrons. The fourth-order valence-corrected chi connectivity index (χ4v) is 2.12. The van der Waals surface area contributed by atoms with Gasteiger partial charge in [0.05, 0.1) is 11.5 Å². The number of hydrogen-bond acceptors (Lipinski definition) is 4. The van der Waals surface area contributed by atoms with Gasteiger partial charge >= 0.3 is 0 Å². The maximum absolute atomic E-state index is 12.5. The van der Waals surface area contributed by atoms with Gasteiger partial charge in [-0.1, -0.05) is 30.3 Å². The Bertz CT molecular complexity index is 724. The number of methoxy groups -OCH3 is 1. The molecule has 1 amide bonds. The quantitative estimate of drug-likeness (QED) is 0.279. The number of nitrogens with one attached hydrogen (secondary N) is 1. The van der Waals surface area contributed by atoms with Gasteiger partial charge in [-0.3, -0.25) is 14.9 Å². The molecule has 0 aliphatic rings. The third-order valence-electron chi connectivity index (χ3n) is 3.34. The van der Waals surface area contributed by atoms with E-state index in [4.69, 9.17) is 4.74 Å². The molecule has 0 aliphatic heterocycles. The predicted molar refractivity (Wildman–Crippen MR) is 92.3 cm³/mol. The second kappa shape index (κ2) is 8.59. The maximum Gasteiger partial charge on any atom is 0.269 e. The molecule has 2 aromatic carbocycles. The summed E-state index contributed by atoms with van der Waals surface area (Å²) in [4.78, 5) is 22.7. The lowest BCUT2D eigenvalue weighted by Gasteiger charge is -2.09. The van der Waals surface area contributed by atoms with Crippen LogP contribution in [0, 0.1) is 10.1 Å². The van der Waals surface area contributed by atoms with E-state index >= 15 is 0 Å². The highest BCUT2D eigenvalue weighted by atomic mass is 16.6. The summed E-state index contributed by atoms with van der Waals surface area (Å²) in [6.07, 6.45) is 1.71. The number of nitrogens with zero attached hydrogens (tertiary/aromatic N) is 1. The van der Waals surface area contributed by atoms with Gasteiger partial charge in [0.1, 0.15) is 0 Å². The highest BCUT2D eigenvalue weighted by molar-refractivity contribution is 6.24. The summed E-state index contributed by atoms with van der Waals surface area (Å²) in [5.41, 5.74) is 1.98. The van der Waals surface area contributed by atoms with Crippen LogP contribution in [0.15, 0.2) is 54.6 Å². The first-order valence-electron chi connectivity index (χ1n) is 7.40. The number of nitro groups is 1. The van der Waals surface area contributed by atoms with Crippen molar-refractivity contribution in [3.8, 4) is 0 Å². The summed E-state index contributed by atoms with van der Waals surface area (Å²) in [7, 11) is 1.57. The van der Waals surface area contributed by atoms with Crippen LogP contribution in [0.4, 0.5) is 5.69 Å². The fraction of sp³-hybridized carbons (Fsp3) is 0.167. The molecule has 0 spiro atoms. The Morgan fingerprint density at radius 3 is 2.42 bits per heavy atom. The van der Waals surface area contributed by atoms with Crippen molar-refractivity contribution in [2.24, 2.45) is 0 Å². The average Bonchev–Trinajstić information content (AvgIpc) is 2.61. The Labute approximate surface area is 139 Å². The highest BCUT2D eigenvalue weighted by Crippen LogP contribution is 2.20. The normalized spacial score (nSPS) is 11.1. The molecule has 2 aromatic rings. The first-order valence-corrected chi connectivity index (χ1v) is 7.40. The summed E-state index contributed by atoms with van der Waals surface area (Å²) in [5, 5.41) is 13.5. The molecule has 0 fully saturated rings. The van der Waals surface area contributed by atoms with Crippen molar-refractivity contribution in [3.63, 3.8) is 0 Å². The number of rotatable bonds is 7. The van der Waals surface area contributed by atoms with E-state index in [9.17, 15) is 14.9 Å². The van der Waals surface area contributed by atoms with Crippen LogP contribution in [0.3, 0.4) is 0 Å². The number of carbonyl (C=O) groups is 1. The van der Waals surface area contributed by atoms with Gasteiger partial charge in [-0.25, -0.2) is 0 Å². The van der Waals surface area contributed by atoms with Crippen LogP contribution in [0.25, 0.3) is 11.6 Å². The van der Waals surface area contributed by atoms with Crippen molar-refractivity contribution in [3.05, 3.63) is 75.8 Å². The number of hydrogen-bond donors (Lipinski definition) is 1. The smallest absolute Gasteiger partial charge is 0.269 e. The lowest BCUT2D eigenvalue weighted by molar-refractivity contribution is -0.384. The number of ether oxygens (including phenoxy) is 1. The molecule has 0 aromatic heterocycles. The van der Waals surface area contributed by atoms with Crippen molar-refractivity contribution in [1.29, 1.82) is 0 Å². The maximum atomic E-state index is 12.5. The Morgan fingerprint density at radius 1 is 1.17 bits per heavy atom. The lowest BCUT2D eigenvalue weighted by atomic mass is 10.0. The number of nitro benzene ring substituents is 1. The van der Waals surface area contributed by atoms with Crippen molar-refractivity contribution in [2.75, 3.05) is 20.3 Å². The van der Waals surface area contributed by atoms with Gasteiger partial charge in [0.2, 0.25) is 0 Å². The second-order valence-corrected chi connectivity index (χ2v) is 5.02. The molecule has 0 atom stereocenters. The van der Waals surface area contributed by atoms with Crippen LogP contribution in [-0.2, 0) is 9.53 Å². The van der Waals surface area contributed by atoms with E-state index in [1.807, 2.05) is 30.3 Å². The summed E-state index contributed by atoms with van der Waals surface area (Å²) in [6, 6.07) is 15.3. The predicted octanol–water partition coefficient (Wildman–Crippen LogP) is 2.90. The van der Waals surface area contributed by atoms with Gasteiger partial charge in [-0.2, -0.15) is 0 Å². The Balaban J connectivity index is 2.31. The van der Waals surface area contributed by atoms with Crippen molar-refractivity contribution < 1.29 is 14.5 Å². The van der Waals surface area contributed by atoms with E-state index in [1.165, 1.54) is 12.1 Å². The molecule has 0 saturated heterocycles. The first kappa shape index (κ1) is 17.4. The Hall–Kier alpha value is -2.99. The summed E-state index contributed by atoms with van der Waals surface area (Å²) in [5.74, 6) is -0.225. The molecular formula is C18H18N2O4. The van der Waals surface area contributed by atoms with Crippen LogP contribution in [-0.4, -0.2) is 31.1 Å². The van der Waals surface area contributed by atoms with E-state index in [0.717, 1.165) is 5.56 Å². The lowest BCUT2D eigenvalue weighted by Crippen LogP contribution is -2.27. The zero-order valence-corrected chi connectivity index (χ0v) is 13.3. The van der Waals surface area contributed by atoms with E-state index < -0.39 is 4.92 Å². The minimum atomic E-state index is -0.455. The molecule has 6 nitrogen and oxygen atoms in total. The largest absolute Gasteiger partial charge is 0.383 e. The molecule has 2 rings (SSSR count). The van der Waals surface area contributed by atoms with Crippen LogP contribution in [0.2, 0.25) is 0 Å². The van der Waals surface area contributed by atoms with Gasteiger partial charge in [-0.05, 0) is 29.3 Å². The monoisotopic (exact) mass is 326 g/mol. The summed E-state index contributed by atoms with van der Waals surface area (Å²) in [6.45, 7) is 0.825. The van der Waals surface area contributed by atoms with Crippen molar-refractivity contribution in [1.82, 2.24) is 5.32 Å². The van der Waals surface area contributed by atoms with Gasteiger partial charge < -0.3 is 10.1 Å². The SMILES string of the molecule is COCCNC(=O)/C(=C/c1ccc([N+](=O)[O-])cc1)c1ccccc1. The molecule has 0 aliphatic carbocycles. The number of non-ortho nitro benzene ring substituents is 1. The molecule has 1 N–H and O–H groups in total. The third-order valence-corrected chi connectivity index (χ3v) is 3.34. The molecule has 0 heterocycles. The molecule has 0 saturated carbocycles. The average molecular weight is 326 g/mol. The number of benzene rings is 2. The van der Waals surface area contributed by atoms with Gasteiger partial charge in [0.25, 0.3) is 11.6 Å². The van der Waals surface area contributed by atoms with Crippen LogP contribution >= 0.6 is 0 Å². The molecule has 24 heavy (non-hydrogen) atoms. The summed E-state index contributed by atoms with van der Waals surface area (Å²) < 4.78 is 4.93. The number of amides is 1. The molecule has 6 heteroatoms. The number of carbonyl (C=O) groups excluding carboxylic acids is 1. The van der Waals surface area contributed by atoms with Crippen molar-refractivity contribution >= 4 is 23.2 Å². The molecular weight excluding hydrogens is 308 g/mol. The third kappa shape index (κ3) is 4.76. The summed E-state index contributed by atoms with van der Waals surface area (Å²) >= 11 is 0. The van der Waals surface area contributed by atoms with Crippen molar-refractivity contribution in [2.45, 2.75) is 0 Å². The molecule has 0 unspecified atom stereocenters.